The number of Topliss-reactive ketones (excluding diaryl/α,β-unsaturated/α-hetero) is 2. The maximum Gasteiger partial charge on any atom is 0.306 e. The van der Waals surface area contributed by atoms with Crippen LogP contribution in [0.4, 0.5) is 0 Å². The topological polar surface area (TPSA) is 80.7 Å². The number of carboxylic acid groups (broad SMARTS) is 1. The summed E-state index contributed by atoms with van der Waals surface area (Å²) in [5.41, 5.74) is 0.299. The van der Waals surface area contributed by atoms with Gasteiger partial charge in [0.15, 0.2) is 5.78 Å². The lowest BCUT2D eigenvalue weighted by atomic mass is 9.87. The summed E-state index contributed by atoms with van der Waals surface area (Å²) in [6, 6.07) is 4.76. The highest BCUT2D eigenvalue weighted by atomic mass is 35.5. The van der Waals surface area contributed by atoms with E-state index in [9.17, 15) is 19.5 Å². The van der Waals surface area contributed by atoms with Gasteiger partial charge in [0.25, 0.3) is 0 Å². The van der Waals surface area contributed by atoms with Gasteiger partial charge in [-0.1, -0.05) is 25.4 Å². The van der Waals surface area contributed by atoms with Crippen molar-refractivity contribution in [3.63, 3.8) is 0 Å². The molecule has 1 aliphatic heterocycles. The second kappa shape index (κ2) is 8.48. The van der Waals surface area contributed by atoms with Gasteiger partial charge in [0.05, 0.1) is 18.1 Å². The smallest absolute Gasteiger partial charge is 0.306 e. The first-order valence-corrected chi connectivity index (χ1v) is 8.85. The van der Waals surface area contributed by atoms with E-state index >= 15 is 0 Å². The second-order valence-corrected chi connectivity index (χ2v) is 7.34. The normalized spacial score (nSPS) is 22.6. The SMILES string of the molecule is CC(C)[C@H]1COc2ccc(Cl)cc2C(=O)C[C@H](C(=O)O)CCC(=O)C1. The molecule has 0 radical (unpaired) electrons. The molecular weight excluding hydrogens is 344 g/mol. The summed E-state index contributed by atoms with van der Waals surface area (Å²) in [5.74, 6) is -1.65. The lowest BCUT2D eigenvalue weighted by Crippen LogP contribution is -2.25. The molecule has 0 fully saturated rings. The fourth-order valence-corrected chi connectivity index (χ4v) is 3.08. The van der Waals surface area contributed by atoms with Gasteiger partial charge in [-0.15, -0.1) is 0 Å². The van der Waals surface area contributed by atoms with E-state index in [-0.39, 0.29) is 42.7 Å². The molecule has 25 heavy (non-hydrogen) atoms. The third-order valence-corrected chi connectivity index (χ3v) is 4.92. The highest BCUT2D eigenvalue weighted by Crippen LogP contribution is 2.29. The molecule has 2 rings (SSSR count). The first-order valence-electron chi connectivity index (χ1n) is 8.48. The predicted octanol–water partition coefficient (Wildman–Crippen LogP) is 4.02. The number of ketones is 2. The quantitative estimate of drug-likeness (QED) is 0.855. The Labute approximate surface area is 152 Å². The Kier molecular flexibility index (Phi) is 6.59. The molecule has 0 bridgehead atoms. The van der Waals surface area contributed by atoms with Crippen LogP contribution in [0.15, 0.2) is 18.2 Å². The number of carboxylic acids is 1. The molecule has 6 heteroatoms. The fraction of sp³-hybridized carbons (Fsp3) is 0.526. The number of hydrogen-bond donors (Lipinski definition) is 1. The minimum Gasteiger partial charge on any atom is -0.493 e. The zero-order valence-electron chi connectivity index (χ0n) is 14.5. The summed E-state index contributed by atoms with van der Waals surface area (Å²) >= 11 is 6.00. The third-order valence-electron chi connectivity index (χ3n) is 4.68. The number of rotatable bonds is 2. The second-order valence-electron chi connectivity index (χ2n) is 6.90. The van der Waals surface area contributed by atoms with E-state index in [0.29, 0.717) is 29.4 Å². The van der Waals surface area contributed by atoms with Gasteiger partial charge in [-0.05, 0) is 30.5 Å². The fourth-order valence-electron chi connectivity index (χ4n) is 2.91. The Bertz CT molecular complexity index is 668. The van der Waals surface area contributed by atoms with Crippen molar-refractivity contribution >= 4 is 29.1 Å². The van der Waals surface area contributed by atoms with Crippen molar-refractivity contribution < 1.29 is 24.2 Å². The molecule has 0 unspecified atom stereocenters. The Morgan fingerprint density at radius 1 is 1.28 bits per heavy atom. The van der Waals surface area contributed by atoms with E-state index in [0.717, 1.165) is 0 Å². The molecule has 1 aromatic carbocycles. The van der Waals surface area contributed by atoms with Gasteiger partial charge < -0.3 is 9.84 Å². The van der Waals surface area contributed by atoms with Gasteiger partial charge in [-0.3, -0.25) is 14.4 Å². The van der Waals surface area contributed by atoms with Crippen LogP contribution in [0.5, 0.6) is 5.75 Å². The van der Waals surface area contributed by atoms with Crippen LogP contribution in [0, 0.1) is 17.8 Å². The lowest BCUT2D eigenvalue weighted by molar-refractivity contribution is -0.142. The molecular formula is C19H23ClO5. The monoisotopic (exact) mass is 366 g/mol. The molecule has 0 saturated heterocycles. The first-order chi connectivity index (χ1) is 11.8. The van der Waals surface area contributed by atoms with Crippen LogP contribution in [0.3, 0.4) is 0 Å². The minimum atomic E-state index is -1.07. The van der Waals surface area contributed by atoms with Crippen LogP contribution in [-0.4, -0.2) is 29.2 Å². The van der Waals surface area contributed by atoms with E-state index in [2.05, 4.69) is 0 Å². The summed E-state index contributed by atoms with van der Waals surface area (Å²) < 4.78 is 5.82. The van der Waals surface area contributed by atoms with Crippen molar-refractivity contribution in [3.05, 3.63) is 28.8 Å². The average molecular weight is 367 g/mol. The largest absolute Gasteiger partial charge is 0.493 e. The maximum absolute atomic E-state index is 12.6. The summed E-state index contributed by atoms with van der Waals surface area (Å²) in [6.45, 7) is 4.36. The highest BCUT2D eigenvalue weighted by Gasteiger charge is 2.27. The number of fused-ring (bicyclic) bond motifs is 1. The summed E-state index contributed by atoms with van der Waals surface area (Å²) in [4.78, 5) is 36.3. The Morgan fingerprint density at radius 2 is 2.00 bits per heavy atom. The first kappa shape index (κ1) is 19.4. The van der Waals surface area contributed by atoms with Gasteiger partial charge in [-0.25, -0.2) is 0 Å². The number of benzene rings is 1. The molecule has 136 valence electrons. The van der Waals surface area contributed by atoms with Crippen molar-refractivity contribution in [2.45, 2.75) is 39.5 Å². The van der Waals surface area contributed by atoms with Crippen molar-refractivity contribution in [1.82, 2.24) is 0 Å². The summed E-state index contributed by atoms with van der Waals surface area (Å²) in [5, 5.41) is 9.76. The molecule has 0 aliphatic carbocycles. The van der Waals surface area contributed by atoms with Crippen molar-refractivity contribution in [1.29, 1.82) is 0 Å². The van der Waals surface area contributed by atoms with Crippen LogP contribution >= 0.6 is 11.6 Å². The zero-order valence-corrected chi connectivity index (χ0v) is 15.2. The molecule has 0 aromatic heterocycles. The predicted molar refractivity (Wildman–Crippen MR) is 94.2 cm³/mol. The maximum atomic E-state index is 12.6. The van der Waals surface area contributed by atoms with Gasteiger partial charge >= 0.3 is 5.97 Å². The Hall–Kier alpha value is -1.88. The third kappa shape index (κ3) is 5.30. The van der Waals surface area contributed by atoms with Gasteiger partial charge in [0.1, 0.15) is 11.5 Å². The number of halogens is 1. The van der Waals surface area contributed by atoms with E-state index in [1.807, 2.05) is 13.8 Å². The van der Waals surface area contributed by atoms with E-state index in [4.69, 9.17) is 16.3 Å². The average Bonchev–Trinajstić information content (AvgIpc) is 2.54. The minimum absolute atomic E-state index is 0.00818. The van der Waals surface area contributed by atoms with Crippen LogP contribution in [0.2, 0.25) is 5.02 Å². The molecule has 0 saturated carbocycles. The number of ether oxygens (including phenoxy) is 1. The number of carbonyl (C=O) groups is 3. The number of hydrogen-bond acceptors (Lipinski definition) is 4. The molecule has 5 nitrogen and oxygen atoms in total. The molecule has 1 aromatic rings. The van der Waals surface area contributed by atoms with Gasteiger partial charge in [-0.2, -0.15) is 0 Å². The Balaban J connectivity index is 2.37. The van der Waals surface area contributed by atoms with Crippen molar-refractivity contribution in [2.24, 2.45) is 17.8 Å². The Morgan fingerprint density at radius 3 is 2.64 bits per heavy atom. The van der Waals surface area contributed by atoms with Gasteiger partial charge in [0, 0.05) is 30.2 Å². The molecule has 1 N–H and O–H groups in total. The van der Waals surface area contributed by atoms with Gasteiger partial charge in [0.2, 0.25) is 0 Å². The van der Waals surface area contributed by atoms with Crippen molar-refractivity contribution in [2.75, 3.05) is 6.61 Å². The van der Waals surface area contributed by atoms with Crippen LogP contribution < -0.4 is 4.74 Å². The number of carbonyl (C=O) groups excluding carboxylic acids is 2. The standard InChI is InChI=1S/C19H23ClO5/c1-11(2)13-7-15(21)5-3-12(19(23)24)8-17(22)16-9-14(20)4-6-18(16)25-10-13/h4,6,9,11-13H,3,5,7-8,10H2,1-2H3,(H,23,24)/t12-,13-/m1/s1. The van der Waals surface area contributed by atoms with E-state index in [1.165, 1.54) is 6.07 Å². The molecule has 0 spiro atoms. The van der Waals surface area contributed by atoms with Crippen LogP contribution in [0.25, 0.3) is 0 Å². The van der Waals surface area contributed by atoms with Crippen LogP contribution in [0.1, 0.15) is 49.9 Å². The molecule has 2 atom stereocenters. The lowest BCUT2D eigenvalue weighted by Gasteiger charge is -2.23. The number of aliphatic carboxylic acids is 1. The van der Waals surface area contributed by atoms with E-state index in [1.54, 1.807) is 12.1 Å². The molecule has 1 heterocycles. The summed E-state index contributed by atoms with van der Waals surface area (Å²) in [6.07, 6.45) is 0.505. The highest BCUT2D eigenvalue weighted by molar-refractivity contribution is 6.31. The molecule has 1 aliphatic rings. The van der Waals surface area contributed by atoms with Crippen molar-refractivity contribution in [3.8, 4) is 5.75 Å². The van der Waals surface area contributed by atoms with Crippen LogP contribution in [-0.2, 0) is 9.59 Å². The zero-order chi connectivity index (χ0) is 18.6. The van der Waals surface area contributed by atoms with E-state index < -0.39 is 11.9 Å². The molecule has 0 amide bonds. The summed E-state index contributed by atoms with van der Waals surface area (Å²) in [7, 11) is 0.